The van der Waals surface area contributed by atoms with Crippen LogP contribution in [0.3, 0.4) is 0 Å². The summed E-state index contributed by atoms with van der Waals surface area (Å²) in [5.41, 5.74) is -0.424. The molecule has 4 heterocycles. The molecule has 166 valence electrons. The van der Waals surface area contributed by atoms with Crippen LogP contribution in [0, 0.1) is 0 Å². The number of aromatic amines is 1. The van der Waals surface area contributed by atoms with Gasteiger partial charge in [-0.05, 0) is 6.92 Å². The molecule has 0 radical (unpaired) electrons. The molecule has 4 rings (SSSR count). The van der Waals surface area contributed by atoms with E-state index in [1.807, 2.05) is 0 Å². The van der Waals surface area contributed by atoms with Crippen LogP contribution in [0.1, 0.15) is 33.4 Å². The predicted octanol–water partition coefficient (Wildman–Crippen LogP) is -0.372. The predicted molar refractivity (Wildman–Crippen MR) is 102 cm³/mol. The van der Waals surface area contributed by atoms with Crippen LogP contribution in [0.4, 0.5) is 5.95 Å². The Labute approximate surface area is 175 Å². The Bertz CT molecular complexity index is 1090. The number of amides is 1. The number of hydrogen-bond donors (Lipinski definition) is 2. The third-order valence-electron chi connectivity index (χ3n) is 4.91. The van der Waals surface area contributed by atoms with Crippen molar-refractivity contribution < 1.29 is 33.3 Å². The highest BCUT2D eigenvalue weighted by Gasteiger charge is 2.55. The van der Waals surface area contributed by atoms with E-state index in [2.05, 4.69) is 20.3 Å². The summed E-state index contributed by atoms with van der Waals surface area (Å²) in [5, 5.41) is 2.41. The summed E-state index contributed by atoms with van der Waals surface area (Å²) in [5.74, 6) is -1.57. The summed E-state index contributed by atoms with van der Waals surface area (Å²) >= 11 is 0. The van der Waals surface area contributed by atoms with Crippen molar-refractivity contribution in [1.29, 1.82) is 0 Å². The molecule has 2 aromatic heterocycles. The maximum absolute atomic E-state index is 12.3. The van der Waals surface area contributed by atoms with Crippen LogP contribution in [0.2, 0.25) is 0 Å². The topological polar surface area (TPSA) is 164 Å². The first kappa shape index (κ1) is 20.9. The first-order valence-electron chi connectivity index (χ1n) is 9.67. The molecule has 13 heteroatoms. The molecule has 2 saturated heterocycles. The fraction of sp³-hybridized carbons (Fsp3) is 0.556. The Hall–Kier alpha value is -3.32. The van der Waals surface area contributed by atoms with Crippen molar-refractivity contribution in [2.24, 2.45) is 0 Å². The number of nitrogens with zero attached hydrogens (tertiary/aromatic N) is 3. The fourth-order valence-corrected chi connectivity index (χ4v) is 3.78. The highest BCUT2D eigenvalue weighted by Crippen LogP contribution is 2.41. The number of H-pyrrole nitrogens is 1. The number of aromatic nitrogens is 4. The van der Waals surface area contributed by atoms with Crippen LogP contribution >= 0.6 is 0 Å². The third-order valence-corrected chi connectivity index (χ3v) is 4.91. The van der Waals surface area contributed by atoms with Gasteiger partial charge >= 0.3 is 11.9 Å². The van der Waals surface area contributed by atoms with Crippen LogP contribution in [0.15, 0.2) is 11.1 Å². The summed E-state index contributed by atoms with van der Waals surface area (Å²) in [6.45, 7) is 4.42. The van der Waals surface area contributed by atoms with Crippen LogP contribution in [-0.2, 0) is 33.3 Å². The van der Waals surface area contributed by atoms with Gasteiger partial charge in [0.2, 0.25) is 11.9 Å². The zero-order chi connectivity index (χ0) is 22.3. The molecule has 2 aliphatic rings. The van der Waals surface area contributed by atoms with Crippen molar-refractivity contribution in [3.8, 4) is 0 Å². The van der Waals surface area contributed by atoms with Gasteiger partial charge in [0.15, 0.2) is 29.6 Å². The molecule has 2 fully saturated rings. The number of ether oxygens (including phenoxy) is 4. The van der Waals surface area contributed by atoms with Crippen LogP contribution < -0.4 is 10.9 Å². The van der Waals surface area contributed by atoms with Crippen molar-refractivity contribution in [2.45, 2.75) is 57.8 Å². The molecule has 0 unspecified atom stereocenters. The SMILES string of the molecule is CCOC(=O)[C@@H]1C[C@@H]2O[C@@H](n3cnc4c(=O)[nH]c(NC(C)=O)nc43)[C@H](OC(C)=O)[C@@H]2O1. The minimum Gasteiger partial charge on any atom is -0.464 e. The van der Waals surface area contributed by atoms with Gasteiger partial charge in [0.25, 0.3) is 5.56 Å². The number of anilines is 1. The number of rotatable bonds is 5. The number of carbonyl (C=O) groups excluding carboxylic acids is 3. The molecular weight excluding hydrogens is 414 g/mol. The van der Waals surface area contributed by atoms with Crippen LogP contribution in [0.5, 0.6) is 0 Å². The minimum atomic E-state index is -0.926. The highest BCUT2D eigenvalue weighted by molar-refractivity contribution is 5.87. The quantitative estimate of drug-likeness (QED) is 0.592. The van der Waals surface area contributed by atoms with E-state index in [0.29, 0.717) is 0 Å². The number of esters is 2. The van der Waals surface area contributed by atoms with E-state index in [4.69, 9.17) is 18.9 Å². The van der Waals surface area contributed by atoms with Crippen molar-refractivity contribution in [3.05, 3.63) is 16.7 Å². The molecule has 0 aliphatic carbocycles. The summed E-state index contributed by atoms with van der Waals surface area (Å²) in [7, 11) is 0. The normalized spacial score (nSPS) is 27.1. The summed E-state index contributed by atoms with van der Waals surface area (Å²) in [6.07, 6.45) is -2.40. The van der Waals surface area contributed by atoms with E-state index in [1.165, 1.54) is 24.7 Å². The van der Waals surface area contributed by atoms with Gasteiger partial charge in [-0.3, -0.25) is 29.3 Å². The lowest BCUT2D eigenvalue weighted by Gasteiger charge is -2.24. The number of nitrogens with one attached hydrogen (secondary N) is 2. The molecule has 5 atom stereocenters. The lowest BCUT2D eigenvalue weighted by molar-refractivity contribution is -0.167. The van der Waals surface area contributed by atoms with Crippen molar-refractivity contribution in [1.82, 2.24) is 19.5 Å². The first-order chi connectivity index (χ1) is 14.8. The second kappa shape index (κ2) is 8.07. The summed E-state index contributed by atoms with van der Waals surface area (Å²) in [4.78, 5) is 58.2. The largest absolute Gasteiger partial charge is 0.464 e. The highest BCUT2D eigenvalue weighted by atomic mass is 16.7. The molecule has 0 bridgehead atoms. The van der Waals surface area contributed by atoms with Gasteiger partial charge in [0.1, 0.15) is 6.10 Å². The van der Waals surface area contributed by atoms with E-state index in [-0.39, 0.29) is 30.1 Å². The number of imidazole rings is 1. The minimum absolute atomic E-state index is 0.0154. The number of carbonyl (C=O) groups is 3. The summed E-state index contributed by atoms with van der Waals surface area (Å²) in [6, 6.07) is 0. The lowest BCUT2D eigenvalue weighted by Crippen LogP contribution is -2.36. The van der Waals surface area contributed by atoms with E-state index < -0.39 is 54.0 Å². The van der Waals surface area contributed by atoms with Crippen LogP contribution in [0.25, 0.3) is 11.2 Å². The monoisotopic (exact) mass is 435 g/mol. The fourth-order valence-electron chi connectivity index (χ4n) is 3.78. The van der Waals surface area contributed by atoms with Gasteiger partial charge in [-0.2, -0.15) is 4.98 Å². The number of hydrogen-bond acceptors (Lipinski definition) is 10. The maximum atomic E-state index is 12.3. The summed E-state index contributed by atoms with van der Waals surface area (Å²) < 4.78 is 23.7. The van der Waals surface area contributed by atoms with E-state index in [1.54, 1.807) is 6.92 Å². The zero-order valence-electron chi connectivity index (χ0n) is 17.0. The van der Waals surface area contributed by atoms with E-state index in [0.717, 1.165) is 0 Å². The van der Waals surface area contributed by atoms with E-state index in [9.17, 15) is 19.2 Å². The Morgan fingerprint density at radius 1 is 1.32 bits per heavy atom. The van der Waals surface area contributed by atoms with Crippen LogP contribution in [-0.4, -0.2) is 68.4 Å². The molecule has 2 aliphatic heterocycles. The molecule has 2 aromatic rings. The molecule has 13 nitrogen and oxygen atoms in total. The Morgan fingerprint density at radius 3 is 2.77 bits per heavy atom. The Balaban J connectivity index is 1.68. The molecule has 0 saturated carbocycles. The molecule has 1 amide bonds. The Kier molecular flexibility index (Phi) is 5.45. The van der Waals surface area contributed by atoms with Gasteiger partial charge in [-0.25, -0.2) is 9.78 Å². The van der Waals surface area contributed by atoms with Gasteiger partial charge in [-0.1, -0.05) is 0 Å². The average Bonchev–Trinajstić information content (AvgIpc) is 3.35. The second-order valence-corrected chi connectivity index (χ2v) is 7.14. The molecule has 31 heavy (non-hydrogen) atoms. The third kappa shape index (κ3) is 3.88. The first-order valence-corrected chi connectivity index (χ1v) is 9.67. The van der Waals surface area contributed by atoms with E-state index >= 15 is 0 Å². The maximum Gasteiger partial charge on any atom is 0.335 e. The molecular formula is C18H21N5O8. The smallest absolute Gasteiger partial charge is 0.335 e. The van der Waals surface area contributed by atoms with Crippen molar-refractivity contribution in [3.63, 3.8) is 0 Å². The molecule has 0 spiro atoms. The second-order valence-electron chi connectivity index (χ2n) is 7.14. The number of fused-ring (bicyclic) bond motifs is 2. The van der Waals surface area contributed by atoms with Crippen molar-refractivity contribution in [2.75, 3.05) is 11.9 Å². The lowest BCUT2D eigenvalue weighted by atomic mass is 10.1. The standard InChI is InChI=1S/C18H21N5O8/c1-4-28-17(27)10-5-9-12(30-10)13(29-8(3)25)16(31-9)23-6-19-11-14(23)21-18(20-7(2)24)22-15(11)26/h6,9-10,12-13,16H,4-5H2,1-3H3,(H2,20,21,22,24,26)/t9-,10-,12+,13+,16+/m0/s1. The average molecular weight is 435 g/mol. The van der Waals surface area contributed by atoms with Crippen molar-refractivity contribution >= 4 is 35.0 Å². The molecule has 0 aromatic carbocycles. The van der Waals surface area contributed by atoms with Gasteiger partial charge < -0.3 is 18.9 Å². The van der Waals surface area contributed by atoms with Gasteiger partial charge in [-0.15, -0.1) is 0 Å². The molecule has 2 N–H and O–H groups in total. The zero-order valence-corrected chi connectivity index (χ0v) is 17.0. The Morgan fingerprint density at radius 2 is 2.10 bits per heavy atom. The van der Waals surface area contributed by atoms with Gasteiger partial charge in [0, 0.05) is 20.3 Å². The van der Waals surface area contributed by atoms with Gasteiger partial charge in [0.05, 0.1) is 19.0 Å².